The molecular formula is C17H17FN2O3. The molecule has 0 N–H and O–H groups in total. The van der Waals surface area contributed by atoms with E-state index in [1.54, 1.807) is 37.3 Å². The van der Waals surface area contributed by atoms with Gasteiger partial charge in [0.05, 0.1) is 6.61 Å². The Morgan fingerprint density at radius 3 is 2.52 bits per heavy atom. The molecule has 5 nitrogen and oxygen atoms in total. The Kier molecular flexibility index (Phi) is 5.80. The van der Waals surface area contributed by atoms with Crippen molar-refractivity contribution in [3.8, 4) is 0 Å². The van der Waals surface area contributed by atoms with Gasteiger partial charge in [-0.15, -0.1) is 0 Å². The fourth-order valence-electron chi connectivity index (χ4n) is 2.02. The Morgan fingerprint density at radius 2 is 1.91 bits per heavy atom. The summed E-state index contributed by atoms with van der Waals surface area (Å²) in [4.78, 5) is 29.6. The molecule has 2 rings (SSSR count). The van der Waals surface area contributed by atoms with Gasteiger partial charge in [0, 0.05) is 12.7 Å². The minimum absolute atomic E-state index is 0.161. The van der Waals surface area contributed by atoms with Gasteiger partial charge in [-0.2, -0.15) is 0 Å². The molecule has 0 fully saturated rings. The lowest BCUT2D eigenvalue weighted by Crippen LogP contribution is -2.36. The van der Waals surface area contributed by atoms with Crippen LogP contribution in [0.1, 0.15) is 23.0 Å². The molecule has 23 heavy (non-hydrogen) atoms. The van der Waals surface area contributed by atoms with E-state index in [-0.39, 0.29) is 37.1 Å². The van der Waals surface area contributed by atoms with E-state index in [1.807, 2.05) is 0 Å². The molecule has 0 spiro atoms. The smallest absolute Gasteiger partial charge is 0.325 e. The third kappa shape index (κ3) is 4.88. The summed E-state index contributed by atoms with van der Waals surface area (Å²) in [5, 5.41) is 0. The van der Waals surface area contributed by atoms with Gasteiger partial charge >= 0.3 is 5.97 Å². The first kappa shape index (κ1) is 16.6. The first-order valence-electron chi connectivity index (χ1n) is 7.20. The van der Waals surface area contributed by atoms with E-state index >= 15 is 0 Å². The van der Waals surface area contributed by atoms with Crippen LogP contribution in [-0.2, 0) is 16.1 Å². The number of esters is 1. The number of carbonyl (C=O) groups excluding carboxylic acids is 2. The van der Waals surface area contributed by atoms with Crippen LogP contribution >= 0.6 is 0 Å². The van der Waals surface area contributed by atoms with Crippen molar-refractivity contribution in [2.75, 3.05) is 13.2 Å². The summed E-state index contributed by atoms with van der Waals surface area (Å²) in [6.07, 6.45) is 1.51. The van der Waals surface area contributed by atoms with E-state index in [2.05, 4.69) is 4.98 Å². The molecule has 1 aromatic heterocycles. The second kappa shape index (κ2) is 8.03. The highest BCUT2D eigenvalue weighted by molar-refractivity contribution is 5.94. The molecule has 0 saturated carbocycles. The van der Waals surface area contributed by atoms with Gasteiger partial charge in [0.1, 0.15) is 18.1 Å². The molecule has 2 aromatic rings. The third-order valence-corrected chi connectivity index (χ3v) is 3.08. The molecule has 0 saturated heterocycles. The number of carbonyl (C=O) groups is 2. The molecule has 0 aliphatic heterocycles. The van der Waals surface area contributed by atoms with Crippen LogP contribution in [0.2, 0.25) is 0 Å². The van der Waals surface area contributed by atoms with E-state index < -0.39 is 5.97 Å². The van der Waals surface area contributed by atoms with Crippen LogP contribution in [0.3, 0.4) is 0 Å². The van der Waals surface area contributed by atoms with Gasteiger partial charge in [0.25, 0.3) is 5.91 Å². The molecule has 0 aliphatic rings. The molecule has 6 heteroatoms. The summed E-state index contributed by atoms with van der Waals surface area (Å²) < 4.78 is 17.9. The van der Waals surface area contributed by atoms with Crippen LogP contribution in [0.25, 0.3) is 0 Å². The zero-order valence-corrected chi connectivity index (χ0v) is 12.7. The van der Waals surface area contributed by atoms with Crippen molar-refractivity contribution in [2.24, 2.45) is 0 Å². The number of amides is 1. The SMILES string of the molecule is CCOC(=O)CN(Cc1ccc(F)cc1)C(=O)c1ccccn1. The van der Waals surface area contributed by atoms with Crippen molar-refractivity contribution in [1.29, 1.82) is 0 Å². The quantitative estimate of drug-likeness (QED) is 0.768. The van der Waals surface area contributed by atoms with Crippen molar-refractivity contribution in [1.82, 2.24) is 9.88 Å². The lowest BCUT2D eigenvalue weighted by molar-refractivity contribution is -0.143. The van der Waals surface area contributed by atoms with Crippen LogP contribution in [0.5, 0.6) is 0 Å². The third-order valence-electron chi connectivity index (χ3n) is 3.08. The molecule has 0 bridgehead atoms. The van der Waals surface area contributed by atoms with Crippen molar-refractivity contribution >= 4 is 11.9 Å². The van der Waals surface area contributed by atoms with Crippen molar-refractivity contribution in [3.63, 3.8) is 0 Å². The van der Waals surface area contributed by atoms with Gasteiger partial charge < -0.3 is 9.64 Å². The number of hydrogen-bond acceptors (Lipinski definition) is 4. The largest absolute Gasteiger partial charge is 0.465 e. The van der Waals surface area contributed by atoms with Gasteiger partial charge in [-0.3, -0.25) is 14.6 Å². The topological polar surface area (TPSA) is 59.5 Å². The van der Waals surface area contributed by atoms with E-state index in [0.717, 1.165) is 0 Å². The number of rotatable bonds is 6. The van der Waals surface area contributed by atoms with E-state index in [9.17, 15) is 14.0 Å². The first-order chi connectivity index (χ1) is 11.1. The summed E-state index contributed by atoms with van der Waals surface area (Å²) in [5.41, 5.74) is 0.943. The van der Waals surface area contributed by atoms with Gasteiger partial charge in [-0.25, -0.2) is 4.39 Å². The molecule has 0 aliphatic carbocycles. The Labute approximate surface area is 133 Å². The molecule has 0 radical (unpaired) electrons. The fraction of sp³-hybridized carbons (Fsp3) is 0.235. The van der Waals surface area contributed by atoms with Gasteiger partial charge in [-0.05, 0) is 36.8 Å². The van der Waals surface area contributed by atoms with Crippen LogP contribution in [-0.4, -0.2) is 34.9 Å². The Hall–Kier alpha value is -2.76. The number of halogens is 1. The molecule has 1 heterocycles. The van der Waals surface area contributed by atoms with Gasteiger partial charge in [0.2, 0.25) is 0 Å². The number of aromatic nitrogens is 1. The summed E-state index contributed by atoms with van der Waals surface area (Å²) in [6, 6.07) is 10.7. The Balaban J connectivity index is 2.18. The van der Waals surface area contributed by atoms with Crippen LogP contribution in [0.15, 0.2) is 48.7 Å². The molecule has 1 aromatic carbocycles. The number of ether oxygens (including phenoxy) is 1. The highest BCUT2D eigenvalue weighted by atomic mass is 19.1. The Morgan fingerprint density at radius 1 is 1.17 bits per heavy atom. The van der Waals surface area contributed by atoms with Crippen LogP contribution in [0, 0.1) is 5.82 Å². The van der Waals surface area contributed by atoms with Gasteiger partial charge in [0.15, 0.2) is 0 Å². The highest BCUT2D eigenvalue weighted by Gasteiger charge is 2.20. The van der Waals surface area contributed by atoms with Crippen molar-refractivity contribution in [3.05, 3.63) is 65.7 Å². The average molecular weight is 316 g/mol. The number of hydrogen-bond donors (Lipinski definition) is 0. The minimum atomic E-state index is -0.501. The average Bonchev–Trinajstić information content (AvgIpc) is 2.56. The lowest BCUT2D eigenvalue weighted by Gasteiger charge is -2.21. The lowest BCUT2D eigenvalue weighted by atomic mass is 10.2. The maximum absolute atomic E-state index is 13.0. The second-order valence-electron chi connectivity index (χ2n) is 4.81. The van der Waals surface area contributed by atoms with E-state index in [0.29, 0.717) is 5.56 Å². The standard InChI is InChI=1S/C17H17FN2O3/c1-2-23-16(21)12-20(11-13-6-8-14(18)9-7-13)17(22)15-5-3-4-10-19-15/h3-10H,2,11-12H2,1H3. The summed E-state index contributed by atoms with van der Waals surface area (Å²) in [6.45, 7) is 1.90. The monoisotopic (exact) mass is 316 g/mol. The number of benzene rings is 1. The molecule has 1 amide bonds. The van der Waals surface area contributed by atoms with Gasteiger partial charge in [-0.1, -0.05) is 18.2 Å². The van der Waals surface area contributed by atoms with E-state index in [4.69, 9.17) is 4.74 Å². The summed E-state index contributed by atoms with van der Waals surface area (Å²) in [5.74, 6) is -1.25. The molecular weight excluding hydrogens is 299 g/mol. The molecule has 0 unspecified atom stereocenters. The van der Waals surface area contributed by atoms with Crippen molar-refractivity contribution in [2.45, 2.75) is 13.5 Å². The summed E-state index contributed by atoms with van der Waals surface area (Å²) >= 11 is 0. The minimum Gasteiger partial charge on any atom is -0.465 e. The fourth-order valence-corrected chi connectivity index (χ4v) is 2.02. The van der Waals surface area contributed by atoms with Crippen LogP contribution in [0.4, 0.5) is 4.39 Å². The molecule has 120 valence electrons. The summed E-state index contributed by atoms with van der Waals surface area (Å²) in [7, 11) is 0. The molecule has 0 atom stereocenters. The van der Waals surface area contributed by atoms with E-state index in [1.165, 1.54) is 23.2 Å². The first-order valence-corrected chi connectivity index (χ1v) is 7.20. The second-order valence-corrected chi connectivity index (χ2v) is 4.81. The van der Waals surface area contributed by atoms with Crippen LogP contribution < -0.4 is 0 Å². The maximum Gasteiger partial charge on any atom is 0.325 e. The predicted molar refractivity (Wildman–Crippen MR) is 82.0 cm³/mol. The predicted octanol–water partition coefficient (Wildman–Crippen LogP) is 2.43. The number of pyridine rings is 1. The van der Waals surface area contributed by atoms with Crippen molar-refractivity contribution < 1.29 is 18.7 Å². The maximum atomic E-state index is 13.0. The highest BCUT2D eigenvalue weighted by Crippen LogP contribution is 2.10. The zero-order valence-electron chi connectivity index (χ0n) is 12.7. The zero-order chi connectivity index (χ0) is 16.7. The normalized spacial score (nSPS) is 10.2. The number of nitrogens with zero attached hydrogens (tertiary/aromatic N) is 2. The Bertz CT molecular complexity index is 659.